The number of amides is 1. The molecule has 0 bridgehead atoms. The third kappa shape index (κ3) is 2.62. The number of hydrogen-bond acceptors (Lipinski definition) is 3. The Morgan fingerprint density at radius 1 is 1.22 bits per heavy atom. The minimum absolute atomic E-state index is 0.259. The van der Waals surface area contributed by atoms with Gasteiger partial charge in [-0.1, -0.05) is 12.1 Å². The molecule has 0 saturated heterocycles. The highest BCUT2D eigenvalue weighted by Crippen LogP contribution is 2.24. The predicted molar refractivity (Wildman–Crippen MR) is 88.6 cm³/mol. The first-order valence-electron chi connectivity index (χ1n) is 7.08. The monoisotopic (exact) mass is 305 g/mol. The van der Waals surface area contributed by atoms with Crippen molar-refractivity contribution in [2.45, 2.75) is 0 Å². The molecule has 0 aliphatic rings. The highest BCUT2D eigenvalue weighted by atomic mass is 16.5. The van der Waals surface area contributed by atoms with E-state index in [0.29, 0.717) is 16.9 Å². The van der Waals surface area contributed by atoms with Crippen molar-refractivity contribution in [3.05, 3.63) is 59.8 Å². The summed E-state index contributed by atoms with van der Waals surface area (Å²) in [4.78, 5) is 12.6. The quantitative estimate of drug-likeness (QED) is 0.807. The number of fused-ring (bicyclic) bond motifs is 1. The normalized spacial score (nSPS) is 10.3. The first kappa shape index (κ1) is 14.7. The fourth-order valence-corrected chi connectivity index (χ4v) is 2.55. The number of nitriles is 1. The summed E-state index contributed by atoms with van der Waals surface area (Å²) in [6.45, 7) is 0. The zero-order valence-electron chi connectivity index (χ0n) is 12.8. The summed E-state index contributed by atoms with van der Waals surface area (Å²) in [7, 11) is 3.44. The Morgan fingerprint density at radius 2 is 2.00 bits per heavy atom. The van der Waals surface area contributed by atoms with Crippen LogP contribution >= 0.6 is 0 Å². The minimum Gasteiger partial charge on any atom is -0.497 e. The molecule has 1 heterocycles. The zero-order chi connectivity index (χ0) is 16.4. The number of aromatic nitrogens is 1. The van der Waals surface area contributed by atoms with Gasteiger partial charge in [-0.15, -0.1) is 0 Å². The molecule has 0 radical (unpaired) electrons. The second-order valence-electron chi connectivity index (χ2n) is 5.12. The molecule has 0 spiro atoms. The van der Waals surface area contributed by atoms with E-state index in [1.165, 1.54) is 0 Å². The van der Waals surface area contributed by atoms with Gasteiger partial charge in [0.2, 0.25) is 0 Å². The summed E-state index contributed by atoms with van der Waals surface area (Å²) < 4.78 is 7.03. The van der Waals surface area contributed by atoms with E-state index in [1.807, 2.05) is 35.9 Å². The maximum atomic E-state index is 12.6. The van der Waals surface area contributed by atoms with E-state index in [9.17, 15) is 4.79 Å². The van der Waals surface area contributed by atoms with E-state index < -0.39 is 0 Å². The van der Waals surface area contributed by atoms with Gasteiger partial charge in [0.25, 0.3) is 5.91 Å². The Bertz CT molecular complexity index is 935. The average Bonchev–Trinajstić information content (AvgIpc) is 2.91. The van der Waals surface area contributed by atoms with E-state index in [4.69, 9.17) is 10.00 Å². The van der Waals surface area contributed by atoms with Gasteiger partial charge in [0.1, 0.15) is 17.5 Å². The van der Waals surface area contributed by atoms with Crippen molar-refractivity contribution in [3.63, 3.8) is 0 Å². The highest BCUT2D eigenvalue weighted by Gasteiger charge is 2.15. The van der Waals surface area contributed by atoms with E-state index in [2.05, 4.69) is 11.4 Å². The van der Waals surface area contributed by atoms with Gasteiger partial charge in [0, 0.05) is 18.0 Å². The zero-order valence-corrected chi connectivity index (χ0v) is 12.8. The lowest BCUT2D eigenvalue weighted by Gasteiger charge is -2.07. The summed E-state index contributed by atoms with van der Waals surface area (Å²) >= 11 is 0. The first-order chi connectivity index (χ1) is 11.1. The summed E-state index contributed by atoms with van der Waals surface area (Å²) in [6.07, 6.45) is 0. The fourth-order valence-electron chi connectivity index (χ4n) is 2.55. The van der Waals surface area contributed by atoms with E-state index in [1.54, 1.807) is 31.4 Å². The Kier molecular flexibility index (Phi) is 3.73. The van der Waals surface area contributed by atoms with Crippen molar-refractivity contribution in [1.82, 2.24) is 4.57 Å². The molecule has 23 heavy (non-hydrogen) atoms. The molecular weight excluding hydrogens is 290 g/mol. The van der Waals surface area contributed by atoms with Crippen LogP contribution in [0.4, 0.5) is 5.69 Å². The minimum atomic E-state index is -0.259. The molecule has 5 heteroatoms. The number of hydrogen-bond donors (Lipinski definition) is 1. The molecule has 5 nitrogen and oxygen atoms in total. The van der Waals surface area contributed by atoms with Gasteiger partial charge >= 0.3 is 0 Å². The lowest BCUT2D eigenvalue weighted by molar-refractivity contribution is 0.101. The fraction of sp³-hybridized carbons (Fsp3) is 0.111. The molecule has 0 saturated carbocycles. The number of aryl methyl sites for hydroxylation is 1. The van der Waals surface area contributed by atoms with E-state index in [0.717, 1.165) is 16.7 Å². The van der Waals surface area contributed by atoms with Gasteiger partial charge in [-0.05, 0) is 36.4 Å². The van der Waals surface area contributed by atoms with Crippen molar-refractivity contribution in [2.75, 3.05) is 12.4 Å². The number of carbonyl (C=O) groups is 1. The standard InChI is InChI=1S/C18H15N3O2/c1-21-16-8-7-14(23-2)9-13(16)10-17(21)18(22)20-15-6-4-3-5-12(15)11-19/h3-10H,1-2H3,(H,20,22). The van der Waals surface area contributed by atoms with Crippen LogP contribution in [0.15, 0.2) is 48.5 Å². The largest absolute Gasteiger partial charge is 0.497 e. The molecule has 1 aromatic heterocycles. The number of carbonyl (C=O) groups excluding carboxylic acids is 1. The Hall–Kier alpha value is -3.26. The lowest BCUT2D eigenvalue weighted by Crippen LogP contribution is -2.16. The van der Waals surface area contributed by atoms with Gasteiger partial charge in [-0.2, -0.15) is 5.26 Å². The summed E-state index contributed by atoms with van der Waals surface area (Å²) in [5.74, 6) is 0.482. The van der Waals surface area contributed by atoms with Crippen LogP contribution in [-0.4, -0.2) is 17.6 Å². The van der Waals surface area contributed by atoms with Crippen molar-refractivity contribution in [2.24, 2.45) is 7.05 Å². The number of ether oxygens (including phenoxy) is 1. The molecular formula is C18H15N3O2. The van der Waals surface area contributed by atoms with Crippen LogP contribution in [0.1, 0.15) is 16.1 Å². The molecule has 2 aromatic carbocycles. The van der Waals surface area contributed by atoms with Crippen LogP contribution in [0.25, 0.3) is 10.9 Å². The molecule has 0 aliphatic carbocycles. The number of methoxy groups -OCH3 is 1. The van der Waals surface area contributed by atoms with Crippen LogP contribution < -0.4 is 10.1 Å². The molecule has 114 valence electrons. The second-order valence-corrected chi connectivity index (χ2v) is 5.12. The van der Waals surface area contributed by atoms with Gasteiger partial charge in [0.05, 0.1) is 18.4 Å². The predicted octanol–water partition coefficient (Wildman–Crippen LogP) is 3.31. The van der Waals surface area contributed by atoms with Gasteiger partial charge in [-0.25, -0.2) is 0 Å². The topological polar surface area (TPSA) is 67.0 Å². The summed E-state index contributed by atoms with van der Waals surface area (Å²) in [6, 6.07) is 16.5. The molecule has 1 amide bonds. The maximum Gasteiger partial charge on any atom is 0.272 e. The number of para-hydroxylation sites is 1. The third-order valence-corrected chi connectivity index (χ3v) is 3.78. The SMILES string of the molecule is COc1ccc2c(c1)cc(C(=O)Nc1ccccc1C#N)n2C. The Labute approximate surface area is 133 Å². The van der Waals surface area contributed by atoms with Crippen molar-refractivity contribution >= 4 is 22.5 Å². The van der Waals surface area contributed by atoms with Crippen LogP contribution in [0, 0.1) is 11.3 Å². The lowest BCUT2D eigenvalue weighted by atomic mass is 10.2. The van der Waals surface area contributed by atoms with Crippen LogP contribution in [0.5, 0.6) is 5.75 Å². The van der Waals surface area contributed by atoms with Gasteiger partial charge in [-0.3, -0.25) is 4.79 Å². The van der Waals surface area contributed by atoms with Gasteiger partial charge < -0.3 is 14.6 Å². The van der Waals surface area contributed by atoms with Crippen LogP contribution in [0.2, 0.25) is 0 Å². The molecule has 0 fully saturated rings. The smallest absolute Gasteiger partial charge is 0.272 e. The maximum absolute atomic E-state index is 12.6. The summed E-state index contributed by atoms with van der Waals surface area (Å²) in [5, 5.41) is 12.8. The molecule has 3 aromatic rings. The van der Waals surface area contributed by atoms with E-state index in [-0.39, 0.29) is 5.91 Å². The number of nitrogens with one attached hydrogen (secondary N) is 1. The molecule has 1 N–H and O–H groups in total. The highest BCUT2D eigenvalue weighted by molar-refractivity contribution is 6.07. The van der Waals surface area contributed by atoms with Crippen molar-refractivity contribution in [3.8, 4) is 11.8 Å². The van der Waals surface area contributed by atoms with Crippen molar-refractivity contribution < 1.29 is 9.53 Å². The average molecular weight is 305 g/mol. The first-order valence-corrected chi connectivity index (χ1v) is 7.08. The van der Waals surface area contributed by atoms with Crippen molar-refractivity contribution in [1.29, 1.82) is 5.26 Å². The Morgan fingerprint density at radius 3 is 2.74 bits per heavy atom. The van der Waals surface area contributed by atoms with Gasteiger partial charge in [0.15, 0.2) is 0 Å². The Balaban J connectivity index is 1.98. The molecule has 0 unspecified atom stereocenters. The van der Waals surface area contributed by atoms with E-state index >= 15 is 0 Å². The molecule has 3 rings (SSSR count). The number of nitrogens with zero attached hydrogens (tertiary/aromatic N) is 2. The van der Waals surface area contributed by atoms with Crippen LogP contribution in [-0.2, 0) is 7.05 Å². The molecule has 0 aliphatic heterocycles. The second kappa shape index (κ2) is 5.85. The number of benzene rings is 2. The summed E-state index contributed by atoms with van der Waals surface area (Å²) in [5.41, 5.74) is 2.38. The van der Waals surface area contributed by atoms with Crippen LogP contribution in [0.3, 0.4) is 0 Å². The molecule has 0 atom stereocenters. The third-order valence-electron chi connectivity index (χ3n) is 3.78. The number of rotatable bonds is 3. The number of anilines is 1.